The molecule has 1 aromatic carbocycles. The standard InChI is InChI=1S/C22H18Cl2N2O2S2/c1-11-6-7-29-21(11)20-16(9-25)22(26-12(2)19(20)13(3)27)30-10-18(28)15-5-4-14(23)8-17(15)24/h4-8,20,26H,10H2,1-3H3/t20-/m1/s1. The van der Waals surface area contributed by atoms with Gasteiger partial charge in [0.1, 0.15) is 0 Å². The molecule has 2 aromatic rings. The number of thioether (sulfide) groups is 1. The van der Waals surface area contributed by atoms with Crippen LogP contribution in [0.15, 0.2) is 51.5 Å². The van der Waals surface area contributed by atoms with Gasteiger partial charge in [-0.3, -0.25) is 9.59 Å². The predicted octanol–water partition coefficient (Wildman–Crippen LogP) is 6.26. The normalized spacial score (nSPS) is 16.3. The van der Waals surface area contributed by atoms with Gasteiger partial charge in [-0.25, -0.2) is 0 Å². The Morgan fingerprint density at radius 3 is 2.57 bits per heavy atom. The lowest BCUT2D eigenvalue weighted by Crippen LogP contribution is -2.27. The fourth-order valence-electron chi connectivity index (χ4n) is 3.37. The summed E-state index contributed by atoms with van der Waals surface area (Å²) >= 11 is 14.8. The van der Waals surface area contributed by atoms with E-state index in [-0.39, 0.29) is 17.3 Å². The monoisotopic (exact) mass is 476 g/mol. The van der Waals surface area contributed by atoms with E-state index in [9.17, 15) is 14.9 Å². The summed E-state index contributed by atoms with van der Waals surface area (Å²) in [5.74, 6) is -0.603. The highest BCUT2D eigenvalue weighted by atomic mass is 35.5. The highest BCUT2D eigenvalue weighted by Crippen LogP contribution is 2.43. The number of halogens is 2. The molecule has 3 rings (SSSR count). The molecule has 4 nitrogen and oxygen atoms in total. The van der Waals surface area contributed by atoms with Crippen molar-refractivity contribution >= 4 is 57.9 Å². The topological polar surface area (TPSA) is 70.0 Å². The number of benzene rings is 1. The van der Waals surface area contributed by atoms with E-state index in [1.165, 1.54) is 36.1 Å². The molecule has 0 spiro atoms. The quantitative estimate of drug-likeness (QED) is 0.497. The minimum atomic E-state index is -0.439. The van der Waals surface area contributed by atoms with Crippen LogP contribution in [0.25, 0.3) is 0 Å². The number of carbonyl (C=O) groups excluding carboxylic acids is 2. The first kappa shape index (κ1) is 22.6. The number of rotatable bonds is 6. The average Bonchev–Trinajstić information content (AvgIpc) is 3.10. The number of nitrogens with one attached hydrogen (secondary N) is 1. The summed E-state index contributed by atoms with van der Waals surface area (Å²) in [6.07, 6.45) is 0. The molecular formula is C22H18Cl2N2O2S2. The van der Waals surface area contributed by atoms with E-state index >= 15 is 0 Å². The number of carbonyl (C=O) groups is 2. The lowest BCUT2D eigenvalue weighted by atomic mass is 9.84. The third-order valence-corrected chi connectivity index (χ3v) is 7.42. The molecule has 2 heterocycles. The molecule has 0 amide bonds. The SMILES string of the molecule is CC(=O)C1=C(C)NC(SCC(=O)c2ccc(Cl)cc2Cl)=C(C#N)[C@H]1c1sccc1C. The van der Waals surface area contributed by atoms with Gasteiger partial charge in [0.15, 0.2) is 11.6 Å². The highest BCUT2D eigenvalue weighted by molar-refractivity contribution is 8.03. The number of hydrogen-bond acceptors (Lipinski definition) is 6. The van der Waals surface area contributed by atoms with Gasteiger partial charge in [-0.15, -0.1) is 11.3 Å². The van der Waals surface area contributed by atoms with E-state index in [0.29, 0.717) is 37.5 Å². The van der Waals surface area contributed by atoms with Gasteiger partial charge >= 0.3 is 0 Å². The summed E-state index contributed by atoms with van der Waals surface area (Å²) in [6.45, 7) is 5.30. The van der Waals surface area contributed by atoms with Crippen molar-refractivity contribution in [3.05, 3.63) is 77.6 Å². The molecule has 1 aliphatic rings. The summed E-state index contributed by atoms with van der Waals surface area (Å²) < 4.78 is 0. The second-order valence-electron chi connectivity index (χ2n) is 6.81. The van der Waals surface area contributed by atoms with Crippen molar-refractivity contribution in [1.29, 1.82) is 5.26 Å². The van der Waals surface area contributed by atoms with Crippen LogP contribution in [0.2, 0.25) is 10.0 Å². The molecule has 0 saturated heterocycles. The molecule has 1 atom stereocenters. The van der Waals surface area contributed by atoms with Crippen molar-refractivity contribution in [2.45, 2.75) is 26.7 Å². The Morgan fingerprint density at radius 1 is 1.27 bits per heavy atom. The largest absolute Gasteiger partial charge is 0.353 e. The van der Waals surface area contributed by atoms with Crippen LogP contribution >= 0.6 is 46.3 Å². The molecule has 1 aromatic heterocycles. The average molecular weight is 477 g/mol. The van der Waals surface area contributed by atoms with E-state index in [2.05, 4.69) is 11.4 Å². The number of allylic oxidation sites excluding steroid dienone is 3. The van der Waals surface area contributed by atoms with Crippen LogP contribution in [0.4, 0.5) is 0 Å². The second-order valence-corrected chi connectivity index (χ2v) is 9.59. The van der Waals surface area contributed by atoms with Crippen LogP contribution in [0.5, 0.6) is 0 Å². The van der Waals surface area contributed by atoms with Crippen molar-refractivity contribution in [2.75, 3.05) is 5.75 Å². The first-order chi connectivity index (χ1) is 14.2. The van der Waals surface area contributed by atoms with Gasteiger partial charge < -0.3 is 5.32 Å². The Hall–Kier alpha value is -2.04. The number of nitrogens with zero attached hydrogens (tertiary/aromatic N) is 1. The number of thiophene rings is 1. The minimum absolute atomic E-state index is 0.0846. The lowest BCUT2D eigenvalue weighted by Gasteiger charge is -2.29. The minimum Gasteiger partial charge on any atom is -0.353 e. The first-order valence-electron chi connectivity index (χ1n) is 9.02. The van der Waals surface area contributed by atoms with E-state index in [0.717, 1.165) is 10.4 Å². The molecule has 0 fully saturated rings. The molecule has 0 unspecified atom stereocenters. The summed E-state index contributed by atoms with van der Waals surface area (Å²) in [7, 11) is 0. The number of hydrogen-bond donors (Lipinski definition) is 1. The summed E-state index contributed by atoms with van der Waals surface area (Å²) in [4.78, 5) is 26.0. The third-order valence-electron chi connectivity index (χ3n) is 4.77. The number of ketones is 2. The predicted molar refractivity (Wildman–Crippen MR) is 124 cm³/mol. The van der Waals surface area contributed by atoms with E-state index in [1.807, 2.05) is 25.3 Å². The zero-order valence-electron chi connectivity index (χ0n) is 16.5. The van der Waals surface area contributed by atoms with Gasteiger partial charge in [-0.1, -0.05) is 35.0 Å². The number of dihydropyridines is 1. The smallest absolute Gasteiger partial charge is 0.174 e. The number of Topliss-reactive ketones (excluding diaryl/α,β-unsaturated/α-hetero) is 2. The van der Waals surface area contributed by atoms with Crippen molar-refractivity contribution in [3.63, 3.8) is 0 Å². The molecule has 0 bridgehead atoms. The molecule has 8 heteroatoms. The van der Waals surface area contributed by atoms with Crippen molar-refractivity contribution < 1.29 is 9.59 Å². The molecule has 0 saturated carbocycles. The third kappa shape index (κ3) is 4.50. The maximum absolute atomic E-state index is 12.7. The van der Waals surface area contributed by atoms with Gasteiger partial charge in [0.25, 0.3) is 0 Å². The lowest BCUT2D eigenvalue weighted by molar-refractivity contribution is -0.113. The molecule has 30 heavy (non-hydrogen) atoms. The fraction of sp³-hybridized carbons (Fsp3) is 0.227. The summed E-state index contributed by atoms with van der Waals surface area (Å²) in [6, 6.07) is 8.99. The zero-order chi connectivity index (χ0) is 22.0. The Kier molecular flexibility index (Phi) is 7.10. The molecule has 154 valence electrons. The number of aryl methyl sites for hydroxylation is 1. The highest BCUT2D eigenvalue weighted by Gasteiger charge is 2.34. The van der Waals surface area contributed by atoms with Crippen LogP contribution in [-0.4, -0.2) is 17.3 Å². The van der Waals surface area contributed by atoms with Gasteiger partial charge in [-0.05, 0) is 56.0 Å². The Bertz CT molecular complexity index is 1140. The van der Waals surface area contributed by atoms with Gasteiger partial charge in [0.05, 0.1) is 33.4 Å². The van der Waals surface area contributed by atoms with Gasteiger partial charge in [0, 0.05) is 26.7 Å². The maximum atomic E-state index is 12.7. The van der Waals surface area contributed by atoms with Crippen LogP contribution in [0.1, 0.15) is 40.6 Å². The van der Waals surface area contributed by atoms with Crippen molar-refractivity contribution in [3.8, 4) is 6.07 Å². The first-order valence-corrected chi connectivity index (χ1v) is 11.6. The molecular weight excluding hydrogens is 459 g/mol. The van der Waals surface area contributed by atoms with Crippen molar-refractivity contribution in [1.82, 2.24) is 5.32 Å². The molecule has 1 N–H and O–H groups in total. The van der Waals surface area contributed by atoms with Gasteiger partial charge in [0.2, 0.25) is 0 Å². The zero-order valence-corrected chi connectivity index (χ0v) is 19.7. The van der Waals surface area contributed by atoms with Crippen LogP contribution in [-0.2, 0) is 4.79 Å². The number of nitriles is 1. The van der Waals surface area contributed by atoms with Gasteiger partial charge in [-0.2, -0.15) is 5.26 Å². The summed E-state index contributed by atoms with van der Waals surface area (Å²) in [5.41, 5.74) is 3.12. The van der Waals surface area contributed by atoms with Crippen LogP contribution < -0.4 is 5.32 Å². The molecule has 0 radical (unpaired) electrons. The van der Waals surface area contributed by atoms with Crippen LogP contribution in [0, 0.1) is 18.3 Å². The van der Waals surface area contributed by atoms with E-state index < -0.39 is 5.92 Å². The Morgan fingerprint density at radius 2 is 2.00 bits per heavy atom. The molecule has 1 aliphatic heterocycles. The molecule has 0 aliphatic carbocycles. The second kappa shape index (κ2) is 9.40. The Labute approximate surface area is 193 Å². The maximum Gasteiger partial charge on any atom is 0.174 e. The van der Waals surface area contributed by atoms with Crippen LogP contribution in [0.3, 0.4) is 0 Å². The van der Waals surface area contributed by atoms with Crippen molar-refractivity contribution in [2.24, 2.45) is 0 Å². The van der Waals surface area contributed by atoms with E-state index in [4.69, 9.17) is 23.2 Å². The summed E-state index contributed by atoms with van der Waals surface area (Å²) in [5, 5.41) is 16.4. The van der Waals surface area contributed by atoms with E-state index in [1.54, 1.807) is 12.1 Å². The fourth-order valence-corrected chi connectivity index (χ4v) is 5.90. The Balaban J connectivity index is 1.95.